The van der Waals surface area contributed by atoms with Crippen LogP contribution in [0, 0.1) is 11.3 Å². The first-order valence-electron chi connectivity index (χ1n) is 23.0. The van der Waals surface area contributed by atoms with Crippen LogP contribution in [0.5, 0.6) is 11.5 Å². The summed E-state index contributed by atoms with van der Waals surface area (Å²) >= 11 is 0. The Kier molecular flexibility index (Phi) is 17.5. The number of carbonyl (C=O) groups excluding carboxylic acids is 1. The summed E-state index contributed by atoms with van der Waals surface area (Å²) in [5.74, 6) is 1.04. The summed E-state index contributed by atoms with van der Waals surface area (Å²) in [4.78, 5) is 31.8. The van der Waals surface area contributed by atoms with Crippen molar-refractivity contribution in [3.8, 4) is 17.6 Å². The molecule has 14 nitrogen and oxygen atoms in total. The number of benzene rings is 4. The summed E-state index contributed by atoms with van der Waals surface area (Å²) in [6.45, 7) is 19.1. The van der Waals surface area contributed by atoms with Crippen molar-refractivity contribution in [3.63, 3.8) is 0 Å². The van der Waals surface area contributed by atoms with Crippen LogP contribution in [0.2, 0.25) is 18.1 Å². The summed E-state index contributed by atoms with van der Waals surface area (Å²) in [5, 5.41) is 12.1. The van der Waals surface area contributed by atoms with Gasteiger partial charge in [-0.05, 0) is 105 Å². The Hall–Kier alpha value is -5.27. The zero-order valence-corrected chi connectivity index (χ0v) is 42.9. The van der Waals surface area contributed by atoms with Gasteiger partial charge in [0.05, 0.1) is 39.9 Å². The van der Waals surface area contributed by atoms with Crippen LogP contribution in [0.4, 0.5) is 5.82 Å². The van der Waals surface area contributed by atoms with Gasteiger partial charge in [0, 0.05) is 23.8 Å². The molecule has 1 aromatic heterocycles. The van der Waals surface area contributed by atoms with Gasteiger partial charge < -0.3 is 37.7 Å². The maximum Gasteiger partial charge on any atom is 0.351 e. The van der Waals surface area contributed by atoms with E-state index in [4.69, 9.17) is 32.4 Å². The van der Waals surface area contributed by atoms with E-state index in [0.29, 0.717) is 17.1 Å². The van der Waals surface area contributed by atoms with Crippen molar-refractivity contribution >= 4 is 28.6 Å². The van der Waals surface area contributed by atoms with E-state index in [2.05, 4.69) is 82.6 Å². The number of nitrogens with one attached hydrogen (secondary N) is 1. The SMILES string of the molecule is COc1ccc(C(OC[C@H]2O[C@@H](n3ccc(NC(=O)c4ccccc4)nc3=O)[C@@H](O[Si](C)(C)C(C)(C)C)[C@@H]2OP(OCCC#N)N(C(C)C)C(C)C)(c2ccccc2)c2ccc(OC)cc2)cc1. The molecule has 4 aromatic carbocycles. The Morgan fingerprint density at radius 2 is 1.38 bits per heavy atom. The number of hydrogen-bond acceptors (Lipinski definition) is 12. The van der Waals surface area contributed by atoms with Gasteiger partial charge in [-0.15, -0.1) is 0 Å². The van der Waals surface area contributed by atoms with E-state index in [1.54, 1.807) is 50.7 Å². The van der Waals surface area contributed by atoms with Crippen molar-refractivity contribution in [1.82, 2.24) is 14.2 Å². The summed E-state index contributed by atoms with van der Waals surface area (Å²) < 4.78 is 50.6. The largest absolute Gasteiger partial charge is 0.497 e. The minimum absolute atomic E-state index is 0.0166. The van der Waals surface area contributed by atoms with Gasteiger partial charge in [-0.3, -0.25) is 9.36 Å². The number of nitriles is 1. The van der Waals surface area contributed by atoms with E-state index in [1.807, 2.05) is 84.9 Å². The number of aromatic nitrogens is 2. The van der Waals surface area contributed by atoms with Gasteiger partial charge in [0.2, 0.25) is 0 Å². The lowest BCUT2D eigenvalue weighted by Crippen LogP contribution is -2.50. The third-order valence-electron chi connectivity index (χ3n) is 12.4. The molecule has 5 atom stereocenters. The van der Waals surface area contributed by atoms with E-state index in [9.17, 15) is 14.9 Å². The number of methoxy groups -OCH3 is 2. The lowest BCUT2D eigenvalue weighted by molar-refractivity contribution is -0.0943. The van der Waals surface area contributed by atoms with Gasteiger partial charge >= 0.3 is 5.69 Å². The Labute approximate surface area is 403 Å². The van der Waals surface area contributed by atoms with Crippen LogP contribution in [0.25, 0.3) is 0 Å². The number of nitrogens with zero attached hydrogens (tertiary/aromatic N) is 4. The van der Waals surface area contributed by atoms with Crippen LogP contribution in [0.1, 0.15) is 88.2 Å². The van der Waals surface area contributed by atoms with Crippen molar-refractivity contribution < 1.29 is 37.2 Å². The fourth-order valence-electron chi connectivity index (χ4n) is 7.97. The maximum absolute atomic E-state index is 14.4. The molecule has 5 aromatic rings. The van der Waals surface area contributed by atoms with Gasteiger partial charge in [0.25, 0.3) is 14.4 Å². The second-order valence-electron chi connectivity index (χ2n) is 18.7. The van der Waals surface area contributed by atoms with Crippen LogP contribution < -0.4 is 20.5 Å². The summed E-state index contributed by atoms with van der Waals surface area (Å²) in [5.41, 5.74) is 1.00. The Balaban J connectivity index is 1.53. The van der Waals surface area contributed by atoms with Gasteiger partial charge in [-0.1, -0.05) is 93.6 Å². The molecule has 1 amide bonds. The van der Waals surface area contributed by atoms with E-state index in [-0.39, 0.29) is 42.6 Å². The molecule has 0 radical (unpaired) electrons. The van der Waals surface area contributed by atoms with Crippen LogP contribution >= 0.6 is 8.53 Å². The molecule has 1 aliphatic heterocycles. The van der Waals surface area contributed by atoms with Crippen molar-refractivity contribution in [2.24, 2.45) is 0 Å². The third-order valence-corrected chi connectivity index (χ3v) is 19.0. The highest BCUT2D eigenvalue weighted by Gasteiger charge is 2.54. The molecular weight excluding hydrogens is 898 g/mol. The predicted molar refractivity (Wildman–Crippen MR) is 267 cm³/mol. The monoisotopic (exact) mass is 963 g/mol. The topological polar surface area (TPSA) is 156 Å². The zero-order chi connectivity index (χ0) is 49.2. The molecule has 0 spiro atoms. The number of anilines is 1. The zero-order valence-electron chi connectivity index (χ0n) is 41.0. The molecule has 2 heterocycles. The van der Waals surface area contributed by atoms with E-state index >= 15 is 0 Å². The molecule has 0 aliphatic carbocycles. The van der Waals surface area contributed by atoms with E-state index in [0.717, 1.165) is 16.7 Å². The van der Waals surface area contributed by atoms with Crippen LogP contribution in [0.15, 0.2) is 126 Å². The minimum atomic E-state index is -2.70. The van der Waals surface area contributed by atoms with Crippen molar-refractivity contribution in [1.29, 1.82) is 5.26 Å². The fourth-order valence-corrected chi connectivity index (χ4v) is 11.0. The normalized spacial score (nSPS) is 18.1. The Morgan fingerprint density at radius 1 is 0.838 bits per heavy atom. The number of ether oxygens (including phenoxy) is 4. The highest BCUT2D eigenvalue weighted by atomic mass is 31.2. The molecule has 1 N–H and O–H groups in total. The number of rotatable bonds is 21. The number of carbonyl (C=O) groups is 1. The van der Waals surface area contributed by atoms with Crippen molar-refractivity contribution in [3.05, 3.63) is 154 Å². The van der Waals surface area contributed by atoms with Gasteiger partial charge in [-0.25, -0.2) is 9.46 Å². The van der Waals surface area contributed by atoms with Crippen molar-refractivity contribution in [2.45, 2.75) is 115 Å². The molecule has 0 bridgehead atoms. The second kappa shape index (κ2) is 22.9. The highest BCUT2D eigenvalue weighted by Crippen LogP contribution is 2.52. The first-order valence-corrected chi connectivity index (χ1v) is 27.0. The molecule has 1 aliphatic rings. The molecule has 1 saturated heterocycles. The first-order chi connectivity index (χ1) is 32.4. The van der Waals surface area contributed by atoms with Crippen LogP contribution in [-0.4, -0.2) is 86.3 Å². The fraction of sp³-hybridized carbons (Fsp3) is 0.423. The Bertz CT molecular complexity index is 2440. The van der Waals surface area contributed by atoms with Crippen molar-refractivity contribution in [2.75, 3.05) is 32.8 Å². The number of hydrogen-bond donors (Lipinski definition) is 1. The molecule has 16 heteroatoms. The van der Waals surface area contributed by atoms with Gasteiger partial charge in [0.15, 0.2) is 14.5 Å². The van der Waals surface area contributed by atoms with Crippen LogP contribution in [0.3, 0.4) is 0 Å². The lowest BCUT2D eigenvalue weighted by atomic mass is 9.80. The van der Waals surface area contributed by atoms with Gasteiger partial charge in [-0.2, -0.15) is 10.2 Å². The summed E-state index contributed by atoms with van der Waals surface area (Å²) in [6.07, 6.45) is -2.03. The smallest absolute Gasteiger partial charge is 0.351 e. The average Bonchev–Trinajstić information content (AvgIpc) is 3.64. The lowest BCUT2D eigenvalue weighted by Gasteiger charge is -2.42. The third kappa shape index (κ3) is 11.9. The molecule has 1 unspecified atom stereocenters. The average molecular weight is 964 g/mol. The first kappa shape index (κ1) is 52.1. The minimum Gasteiger partial charge on any atom is -0.497 e. The molecule has 68 heavy (non-hydrogen) atoms. The molecule has 1 fully saturated rings. The summed E-state index contributed by atoms with van der Waals surface area (Å²) in [7, 11) is -1.30. The number of amides is 1. The Morgan fingerprint density at radius 3 is 1.88 bits per heavy atom. The predicted octanol–water partition coefficient (Wildman–Crippen LogP) is 10.5. The standard InChI is InChI=1S/C52H66N5O9PSi/c1-36(2)57(37(3)4)67(63-34-18-32-53)65-46-44(35-62-52(39-21-16-13-17-22-39,40-23-27-42(60-8)28-24-40)41-25-29-43(61-9)30-26-41)64-49(47(46)66-68(10,11)51(5,6)7)56-33-31-45(55-50(56)59)54-48(58)38-19-14-12-15-20-38/h12-17,19-31,33,36-37,44,46-47,49H,18,34-35H2,1-11H3,(H,54,55,58,59)/t44-,46-,47+,49-,67?/m1/s1. The van der Waals surface area contributed by atoms with Crippen LogP contribution in [-0.2, 0) is 28.5 Å². The van der Waals surface area contributed by atoms with Gasteiger partial charge in [0.1, 0.15) is 41.2 Å². The molecule has 362 valence electrons. The van der Waals surface area contributed by atoms with E-state index < -0.39 is 58.6 Å². The highest BCUT2D eigenvalue weighted by molar-refractivity contribution is 7.44. The quantitative estimate of drug-likeness (QED) is 0.0322. The maximum atomic E-state index is 14.4. The molecule has 0 saturated carbocycles. The summed E-state index contributed by atoms with van der Waals surface area (Å²) in [6, 6.07) is 38.0. The van der Waals surface area contributed by atoms with E-state index in [1.165, 1.54) is 4.57 Å². The molecule has 6 rings (SSSR count). The molecular formula is C52H66N5O9PSi. The second-order valence-corrected chi connectivity index (χ2v) is 24.8.